The number of hydrogen-bond donors (Lipinski definition) is 1. The van der Waals surface area contributed by atoms with Crippen molar-refractivity contribution in [1.82, 2.24) is 15.3 Å². The summed E-state index contributed by atoms with van der Waals surface area (Å²) >= 11 is 0. The first-order valence-electron chi connectivity index (χ1n) is 7.80. The number of nitrogens with zero attached hydrogens (tertiary/aromatic N) is 2. The second-order valence-corrected chi connectivity index (χ2v) is 5.20. The Hall–Kier alpha value is -1.00. The molecule has 1 aromatic heterocycles. The Labute approximate surface area is 123 Å². The monoisotopic (exact) mass is 279 g/mol. The lowest BCUT2D eigenvalue weighted by Crippen LogP contribution is -2.17. The maximum Gasteiger partial charge on any atom is 0.154 e. The zero-order chi connectivity index (χ0) is 14.8. The van der Waals surface area contributed by atoms with Gasteiger partial charge in [0.25, 0.3) is 0 Å². The van der Waals surface area contributed by atoms with E-state index in [9.17, 15) is 0 Å². The predicted octanol–water partition coefficient (Wildman–Crippen LogP) is 2.95. The van der Waals surface area contributed by atoms with E-state index in [-0.39, 0.29) is 0 Å². The standard InChI is InChI=1S/C16H29N3O/c1-5-9-17-10-7-8-15-13(3)18-16(19-14(15)4)12-20-11-6-2/h17H,5-12H2,1-4H3. The van der Waals surface area contributed by atoms with Crippen LogP contribution in [0, 0.1) is 13.8 Å². The van der Waals surface area contributed by atoms with Crippen molar-refractivity contribution in [3.63, 3.8) is 0 Å². The fourth-order valence-electron chi connectivity index (χ4n) is 2.24. The van der Waals surface area contributed by atoms with Gasteiger partial charge in [-0.25, -0.2) is 9.97 Å². The van der Waals surface area contributed by atoms with E-state index in [1.165, 1.54) is 12.0 Å². The average Bonchev–Trinajstić information content (AvgIpc) is 2.41. The van der Waals surface area contributed by atoms with E-state index in [2.05, 4.69) is 43.0 Å². The normalized spacial score (nSPS) is 11.0. The molecule has 0 saturated carbocycles. The lowest BCUT2D eigenvalue weighted by Gasteiger charge is -2.11. The van der Waals surface area contributed by atoms with E-state index in [4.69, 9.17) is 4.74 Å². The van der Waals surface area contributed by atoms with Crippen molar-refractivity contribution < 1.29 is 4.74 Å². The third-order valence-electron chi connectivity index (χ3n) is 3.25. The lowest BCUT2D eigenvalue weighted by atomic mass is 10.1. The molecule has 1 heterocycles. The van der Waals surface area contributed by atoms with Gasteiger partial charge >= 0.3 is 0 Å². The Kier molecular flexibility index (Phi) is 8.38. The highest BCUT2D eigenvalue weighted by Crippen LogP contribution is 2.13. The van der Waals surface area contributed by atoms with Crippen molar-refractivity contribution in [2.75, 3.05) is 19.7 Å². The van der Waals surface area contributed by atoms with Crippen LogP contribution in [0.25, 0.3) is 0 Å². The maximum atomic E-state index is 5.51. The first-order chi connectivity index (χ1) is 9.69. The van der Waals surface area contributed by atoms with Gasteiger partial charge in [-0.3, -0.25) is 0 Å². The largest absolute Gasteiger partial charge is 0.373 e. The molecule has 0 unspecified atom stereocenters. The summed E-state index contributed by atoms with van der Waals surface area (Å²) in [6, 6.07) is 0. The fourth-order valence-corrected chi connectivity index (χ4v) is 2.24. The minimum absolute atomic E-state index is 0.522. The Morgan fingerprint density at radius 2 is 1.70 bits per heavy atom. The second kappa shape index (κ2) is 9.83. The molecule has 0 aliphatic rings. The molecule has 20 heavy (non-hydrogen) atoms. The van der Waals surface area contributed by atoms with Crippen molar-refractivity contribution in [1.29, 1.82) is 0 Å². The van der Waals surface area contributed by atoms with Gasteiger partial charge in [0.15, 0.2) is 5.82 Å². The van der Waals surface area contributed by atoms with E-state index in [1.54, 1.807) is 0 Å². The third-order valence-corrected chi connectivity index (χ3v) is 3.25. The smallest absolute Gasteiger partial charge is 0.154 e. The molecule has 4 nitrogen and oxygen atoms in total. The lowest BCUT2D eigenvalue weighted by molar-refractivity contribution is 0.116. The predicted molar refractivity (Wildman–Crippen MR) is 82.9 cm³/mol. The van der Waals surface area contributed by atoms with Crippen LogP contribution in [0.15, 0.2) is 0 Å². The maximum absolute atomic E-state index is 5.51. The van der Waals surface area contributed by atoms with E-state index in [0.29, 0.717) is 6.61 Å². The van der Waals surface area contributed by atoms with Crippen LogP contribution >= 0.6 is 0 Å². The van der Waals surface area contributed by atoms with Crippen LogP contribution in [0.3, 0.4) is 0 Å². The van der Waals surface area contributed by atoms with Gasteiger partial charge in [-0.1, -0.05) is 13.8 Å². The molecular formula is C16H29N3O. The highest BCUT2D eigenvalue weighted by molar-refractivity contribution is 5.24. The highest BCUT2D eigenvalue weighted by atomic mass is 16.5. The molecule has 0 atom stereocenters. The first kappa shape index (κ1) is 17.1. The zero-order valence-electron chi connectivity index (χ0n) is 13.5. The molecule has 1 N–H and O–H groups in total. The second-order valence-electron chi connectivity index (χ2n) is 5.20. The summed E-state index contributed by atoms with van der Waals surface area (Å²) in [6.07, 6.45) is 4.40. The minimum Gasteiger partial charge on any atom is -0.373 e. The molecule has 0 amide bonds. The molecule has 0 bridgehead atoms. The first-order valence-corrected chi connectivity index (χ1v) is 7.80. The molecule has 0 aliphatic carbocycles. The molecule has 0 radical (unpaired) electrons. The van der Waals surface area contributed by atoms with Crippen LogP contribution in [0.1, 0.15) is 55.9 Å². The van der Waals surface area contributed by atoms with Gasteiger partial charge in [-0.05, 0) is 58.2 Å². The van der Waals surface area contributed by atoms with Crippen LogP contribution in [0.5, 0.6) is 0 Å². The summed E-state index contributed by atoms with van der Waals surface area (Å²) in [4.78, 5) is 9.13. The summed E-state index contributed by atoms with van der Waals surface area (Å²) in [5.41, 5.74) is 3.49. The van der Waals surface area contributed by atoms with Crippen LogP contribution in [0.4, 0.5) is 0 Å². The zero-order valence-corrected chi connectivity index (χ0v) is 13.5. The van der Waals surface area contributed by atoms with Crippen LogP contribution < -0.4 is 5.32 Å². The SMILES string of the molecule is CCCNCCCc1c(C)nc(COCCC)nc1C. The van der Waals surface area contributed by atoms with Gasteiger partial charge in [0.2, 0.25) is 0 Å². The van der Waals surface area contributed by atoms with Crippen molar-refractivity contribution in [3.05, 3.63) is 22.8 Å². The van der Waals surface area contributed by atoms with Gasteiger partial charge in [-0.15, -0.1) is 0 Å². The summed E-state index contributed by atoms with van der Waals surface area (Å²) in [5, 5.41) is 3.43. The molecular weight excluding hydrogens is 250 g/mol. The van der Waals surface area contributed by atoms with Crippen LogP contribution in [-0.4, -0.2) is 29.7 Å². The van der Waals surface area contributed by atoms with E-state index < -0.39 is 0 Å². The average molecular weight is 279 g/mol. The van der Waals surface area contributed by atoms with Crippen molar-refractivity contribution >= 4 is 0 Å². The van der Waals surface area contributed by atoms with Gasteiger partial charge < -0.3 is 10.1 Å². The summed E-state index contributed by atoms with van der Waals surface area (Å²) in [5.74, 6) is 0.807. The highest BCUT2D eigenvalue weighted by Gasteiger charge is 2.08. The Balaban J connectivity index is 2.51. The van der Waals surface area contributed by atoms with Crippen molar-refractivity contribution in [3.8, 4) is 0 Å². The molecule has 0 spiro atoms. The van der Waals surface area contributed by atoms with E-state index in [0.717, 1.165) is 56.2 Å². The van der Waals surface area contributed by atoms with Gasteiger partial charge in [-0.2, -0.15) is 0 Å². The number of aryl methyl sites for hydroxylation is 2. The van der Waals surface area contributed by atoms with Crippen LogP contribution in [0.2, 0.25) is 0 Å². The molecule has 4 heteroatoms. The topological polar surface area (TPSA) is 47.0 Å². The van der Waals surface area contributed by atoms with E-state index >= 15 is 0 Å². The summed E-state index contributed by atoms with van der Waals surface area (Å²) < 4.78 is 5.51. The van der Waals surface area contributed by atoms with E-state index in [1.807, 2.05) is 0 Å². The fraction of sp³-hybridized carbons (Fsp3) is 0.750. The minimum atomic E-state index is 0.522. The number of hydrogen-bond acceptors (Lipinski definition) is 4. The number of nitrogens with one attached hydrogen (secondary N) is 1. The van der Waals surface area contributed by atoms with Crippen molar-refractivity contribution in [2.24, 2.45) is 0 Å². The number of rotatable bonds is 10. The Morgan fingerprint density at radius 3 is 2.30 bits per heavy atom. The van der Waals surface area contributed by atoms with Crippen molar-refractivity contribution in [2.45, 2.75) is 60.0 Å². The van der Waals surface area contributed by atoms with Gasteiger partial charge in [0.05, 0.1) is 0 Å². The Morgan fingerprint density at radius 1 is 1.00 bits per heavy atom. The molecule has 1 rings (SSSR count). The summed E-state index contributed by atoms with van der Waals surface area (Å²) in [7, 11) is 0. The number of ether oxygens (including phenoxy) is 1. The molecule has 0 saturated heterocycles. The quantitative estimate of drug-likeness (QED) is 0.669. The third kappa shape index (κ3) is 5.97. The molecule has 114 valence electrons. The Bertz CT molecular complexity index is 370. The van der Waals surface area contributed by atoms with Gasteiger partial charge in [0.1, 0.15) is 6.61 Å². The van der Waals surface area contributed by atoms with Gasteiger partial charge in [0, 0.05) is 18.0 Å². The van der Waals surface area contributed by atoms with Crippen LogP contribution in [-0.2, 0) is 17.8 Å². The molecule has 0 aliphatic heterocycles. The number of aromatic nitrogens is 2. The molecule has 1 aromatic rings. The summed E-state index contributed by atoms with van der Waals surface area (Å²) in [6.45, 7) is 11.9. The molecule has 0 aromatic carbocycles. The molecule has 0 fully saturated rings.